The molecule has 2 aromatic rings. The highest BCUT2D eigenvalue weighted by molar-refractivity contribution is 5.89. The van der Waals surface area contributed by atoms with E-state index in [9.17, 15) is 9.59 Å². The summed E-state index contributed by atoms with van der Waals surface area (Å²) in [4.78, 5) is 27.0. The van der Waals surface area contributed by atoms with Crippen molar-refractivity contribution in [2.45, 2.75) is 46.1 Å². The largest absolute Gasteiger partial charge is 0.443 e. The first kappa shape index (κ1) is 14.4. The van der Waals surface area contributed by atoms with E-state index in [0.29, 0.717) is 11.0 Å². The second-order valence-corrected chi connectivity index (χ2v) is 6.14. The van der Waals surface area contributed by atoms with Crippen LogP contribution in [0.4, 0.5) is 4.79 Å². The number of rotatable bonds is 1. The van der Waals surface area contributed by atoms with E-state index >= 15 is 0 Å². The third kappa shape index (κ3) is 2.61. The molecule has 1 N–H and O–H groups in total. The van der Waals surface area contributed by atoms with Gasteiger partial charge in [-0.2, -0.15) is 4.57 Å². The molecule has 1 aromatic heterocycles. The first-order valence-corrected chi connectivity index (χ1v) is 6.67. The Morgan fingerprint density at radius 1 is 1.30 bits per heavy atom. The molecule has 1 aromatic carbocycles. The predicted molar refractivity (Wildman–Crippen MR) is 78.3 cm³/mol. The number of para-hydroxylation sites is 1. The number of nitrogens with one attached hydrogen (secondary N) is 1. The fourth-order valence-corrected chi connectivity index (χ4v) is 2.13. The van der Waals surface area contributed by atoms with E-state index in [1.54, 1.807) is 26.8 Å². The second-order valence-electron chi connectivity index (χ2n) is 6.14. The Kier molecular flexibility index (Phi) is 3.46. The van der Waals surface area contributed by atoms with Gasteiger partial charge in [0.1, 0.15) is 5.60 Å². The van der Waals surface area contributed by atoms with Crippen LogP contribution in [0.25, 0.3) is 11.0 Å². The summed E-state index contributed by atoms with van der Waals surface area (Å²) in [5.41, 5.74) is 1.07. The van der Waals surface area contributed by atoms with E-state index in [-0.39, 0.29) is 5.92 Å². The Morgan fingerprint density at radius 3 is 2.50 bits per heavy atom. The number of carbonyl (C=O) groups excluding carboxylic acids is 1. The summed E-state index contributed by atoms with van der Waals surface area (Å²) < 4.78 is 6.39. The maximum atomic E-state index is 12.3. The van der Waals surface area contributed by atoms with Gasteiger partial charge in [0.15, 0.2) is 0 Å². The van der Waals surface area contributed by atoms with Gasteiger partial charge in [0.05, 0.1) is 11.0 Å². The van der Waals surface area contributed by atoms with E-state index in [1.807, 2.05) is 26.0 Å². The molecule has 108 valence electrons. The van der Waals surface area contributed by atoms with Gasteiger partial charge in [-0.3, -0.25) is 0 Å². The second kappa shape index (κ2) is 4.81. The number of hydrogen-bond acceptors (Lipinski definition) is 3. The molecular formula is C15H20N2O3. The molecule has 0 aliphatic rings. The molecule has 0 unspecified atom stereocenters. The van der Waals surface area contributed by atoms with Gasteiger partial charge >= 0.3 is 11.8 Å². The van der Waals surface area contributed by atoms with Crippen LogP contribution in [0, 0.1) is 0 Å². The van der Waals surface area contributed by atoms with Crippen molar-refractivity contribution >= 4 is 17.1 Å². The van der Waals surface area contributed by atoms with Gasteiger partial charge < -0.3 is 9.72 Å². The van der Waals surface area contributed by atoms with Crippen LogP contribution < -0.4 is 5.69 Å². The van der Waals surface area contributed by atoms with Gasteiger partial charge in [-0.05, 0) is 38.3 Å². The molecule has 5 heteroatoms. The van der Waals surface area contributed by atoms with Crippen molar-refractivity contribution < 1.29 is 9.53 Å². The molecule has 0 aliphatic carbocycles. The van der Waals surface area contributed by atoms with Crippen molar-refractivity contribution in [1.82, 2.24) is 9.55 Å². The predicted octanol–water partition coefficient (Wildman–Crippen LogP) is 3.24. The van der Waals surface area contributed by atoms with Crippen LogP contribution in [0.3, 0.4) is 0 Å². The fraction of sp³-hybridized carbons (Fsp3) is 0.467. The van der Waals surface area contributed by atoms with Gasteiger partial charge in [-0.1, -0.05) is 26.0 Å². The molecule has 0 fully saturated rings. The van der Waals surface area contributed by atoms with Crippen LogP contribution in [0.15, 0.2) is 23.0 Å². The van der Waals surface area contributed by atoms with Crippen LogP contribution in [0.2, 0.25) is 0 Å². The quantitative estimate of drug-likeness (QED) is 0.869. The summed E-state index contributed by atoms with van der Waals surface area (Å²) in [6, 6.07) is 5.57. The molecule has 0 atom stereocenters. The topological polar surface area (TPSA) is 64.1 Å². The van der Waals surface area contributed by atoms with Crippen molar-refractivity contribution in [1.29, 1.82) is 0 Å². The average molecular weight is 276 g/mol. The van der Waals surface area contributed by atoms with E-state index in [0.717, 1.165) is 10.1 Å². The normalized spacial score (nSPS) is 12.1. The minimum absolute atomic E-state index is 0.197. The summed E-state index contributed by atoms with van der Waals surface area (Å²) in [7, 11) is 0. The molecule has 0 spiro atoms. The van der Waals surface area contributed by atoms with Crippen LogP contribution in [-0.4, -0.2) is 21.2 Å². The summed E-state index contributed by atoms with van der Waals surface area (Å²) >= 11 is 0. The van der Waals surface area contributed by atoms with Gasteiger partial charge in [0.2, 0.25) is 0 Å². The van der Waals surface area contributed by atoms with E-state index in [4.69, 9.17) is 4.74 Å². The molecule has 1 heterocycles. The average Bonchev–Trinajstić information content (AvgIpc) is 2.61. The zero-order valence-electron chi connectivity index (χ0n) is 12.5. The summed E-state index contributed by atoms with van der Waals surface area (Å²) in [5.74, 6) is 0.197. The molecule has 5 nitrogen and oxygen atoms in total. The number of carbonyl (C=O) groups is 1. The lowest BCUT2D eigenvalue weighted by Gasteiger charge is -2.19. The van der Waals surface area contributed by atoms with E-state index in [2.05, 4.69) is 4.98 Å². The fourth-order valence-electron chi connectivity index (χ4n) is 2.13. The Bertz CT molecular complexity index is 702. The number of benzene rings is 1. The smallest absolute Gasteiger partial charge is 0.423 e. The minimum Gasteiger partial charge on any atom is -0.443 e. The molecule has 0 amide bonds. The molecule has 0 aliphatic heterocycles. The van der Waals surface area contributed by atoms with Gasteiger partial charge in [0, 0.05) is 0 Å². The van der Waals surface area contributed by atoms with Crippen molar-refractivity contribution in [2.75, 3.05) is 0 Å². The number of nitrogens with zero attached hydrogens (tertiary/aromatic N) is 1. The van der Waals surface area contributed by atoms with Crippen molar-refractivity contribution in [2.24, 2.45) is 0 Å². The molecule has 2 rings (SSSR count). The molecule has 20 heavy (non-hydrogen) atoms. The van der Waals surface area contributed by atoms with Crippen LogP contribution in [0.5, 0.6) is 0 Å². The van der Waals surface area contributed by atoms with Gasteiger partial charge in [0.25, 0.3) is 0 Å². The number of ether oxygens (including phenoxy) is 1. The SMILES string of the molecule is CC(C)c1cccc2[nH]c(=O)n(C(=O)OC(C)(C)C)c12. The van der Waals surface area contributed by atoms with Crippen molar-refractivity contribution in [3.05, 3.63) is 34.2 Å². The molecule has 0 radical (unpaired) electrons. The summed E-state index contributed by atoms with van der Waals surface area (Å²) in [6.07, 6.45) is -0.651. The number of hydrogen-bond donors (Lipinski definition) is 1. The zero-order chi connectivity index (χ0) is 15.1. The Hall–Kier alpha value is -2.04. The van der Waals surface area contributed by atoms with Crippen LogP contribution in [0.1, 0.15) is 46.1 Å². The highest BCUT2D eigenvalue weighted by Gasteiger charge is 2.23. The maximum Gasteiger partial charge on any atom is 0.423 e. The Labute approximate surface area is 117 Å². The Balaban J connectivity index is 2.67. The summed E-state index contributed by atoms with van der Waals surface area (Å²) in [5, 5.41) is 0. The number of aromatic nitrogens is 2. The number of fused-ring (bicyclic) bond motifs is 1. The molecule has 0 saturated heterocycles. The van der Waals surface area contributed by atoms with Crippen molar-refractivity contribution in [3.8, 4) is 0 Å². The summed E-state index contributed by atoms with van der Waals surface area (Å²) in [6.45, 7) is 9.35. The highest BCUT2D eigenvalue weighted by Crippen LogP contribution is 2.24. The van der Waals surface area contributed by atoms with E-state index in [1.165, 1.54) is 0 Å². The first-order chi connectivity index (χ1) is 9.20. The first-order valence-electron chi connectivity index (χ1n) is 6.67. The molecular weight excluding hydrogens is 256 g/mol. The third-order valence-electron chi connectivity index (χ3n) is 2.93. The van der Waals surface area contributed by atoms with Crippen molar-refractivity contribution in [3.63, 3.8) is 0 Å². The maximum absolute atomic E-state index is 12.3. The zero-order valence-corrected chi connectivity index (χ0v) is 12.5. The lowest BCUT2D eigenvalue weighted by molar-refractivity contribution is 0.0538. The third-order valence-corrected chi connectivity index (χ3v) is 2.93. The molecule has 0 saturated carbocycles. The van der Waals surface area contributed by atoms with E-state index < -0.39 is 17.4 Å². The molecule has 0 bridgehead atoms. The highest BCUT2D eigenvalue weighted by atomic mass is 16.6. The monoisotopic (exact) mass is 276 g/mol. The van der Waals surface area contributed by atoms with Crippen LogP contribution >= 0.6 is 0 Å². The standard InChI is InChI=1S/C15H20N2O3/c1-9(2)10-7-6-8-11-12(10)17(13(18)16-11)14(19)20-15(3,4)5/h6-9H,1-5H3,(H,16,18). The minimum atomic E-state index is -0.651. The lowest BCUT2D eigenvalue weighted by atomic mass is 10.0. The number of imidazole rings is 1. The Morgan fingerprint density at radius 2 is 1.95 bits per heavy atom. The lowest BCUT2D eigenvalue weighted by Crippen LogP contribution is -2.32. The van der Waals surface area contributed by atoms with Gasteiger partial charge in [-0.25, -0.2) is 9.59 Å². The van der Waals surface area contributed by atoms with Crippen LogP contribution in [-0.2, 0) is 4.74 Å². The van der Waals surface area contributed by atoms with Gasteiger partial charge in [-0.15, -0.1) is 0 Å². The number of aromatic amines is 1. The number of H-pyrrole nitrogens is 1.